The predicted molar refractivity (Wildman–Crippen MR) is 137 cm³/mol. The predicted octanol–water partition coefficient (Wildman–Crippen LogP) is 3.20. The highest BCUT2D eigenvalue weighted by molar-refractivity contribution is 7.89. The van der Waals surface area contributed by atoms with Crippen LogP contribution in [0.3, 0.4) is 0 Å². The number of rotatable bonds is 8. The molecule has 5 rings (SSSR count). The lowest BCUT2D eigenvalue weighted by Crippen LogP contribution is -2.23. The first-order valence-electron chi connectivity index (χ1n) is 11.4. The third kappa shape index (κ3) is 4.81. The zero-order chi connectivity index (χ0) is 26.0. The first-order valence-corrected chi connectivity index (χ1v) is 12.9. The number of ether oxygens (including phenoxy) is 3. The molecule has 0 saturated carbocycles. The molecule has 0 unspecified atom stereocenters. The fourth-order valence-corrected chi connectivity index (χ4v) is 4.79. The summed E-state index contributed by atoms with van der Waals surface area (Å²) in [6, 6.07) is 17.9. The second-order valence-electron chi connectivity index (χ2n) is 8.12. The summed E-state index contributed by atoms with van der Waals surface area (Å²) in [5.74, 6) is 1.35. The first-order chi connectivity index (χ1) is 17.9. The third-order valence-corrected chi connectivity index (χ3v) is 7.02. The Morgan fingerprint density at radius 1 is 1.05 bits per heavy atom. The average Bonchev–Trinajstić information content (AvgIpc) is 3.37. The minimum atomic E-state index is -3.98. The molecule has 0 bridgehead atoms. The molecular weight excluding hydrogens is 498 g/mol. The minimum Gasteiger partial charge on any atom is -0.494 e. The van der Waals surface area contributed by atoms with Crippen molar-refractivity contribution >= 4 is 27.0 Å². The van der Waals surface area contributed by atoms with Crippen molar-refractivity contribution in [1.82, 2.24) is 9.40 Å². The highest BCUT2D eigenvalue weighted by Crippen LogP contribution is 2.33. The van der Waals surface area contributed by atoms with E-state index in [1.54, 1.807) is 54.6 Å². The van der Waals surface area contributed by atoms with Crippen molar-refractivity contribution in [1.29, 1.82) is 0 Å². The molecule has 0 atom stereocenters. The summed E-state index contributed by atoms with van der Waals surface area (Å²) >= 11 is 0. The number of sulfonamides is 1. The van der Waals surface area contributed by atoms with Gasteiger partial charge in [-0.25, -0.2) is 4.83 Å². The van der Waals surface area contributed by atoms with Gasteiger partial charge in [-0.1, -0.05) is 24.3 Å². The molecule has 1 aromatic heterocycles. The van der Waals surface area contributed by atoms with E-state index in [-0.39, 0.29) is 29.7 Å². The SMILES string of the molecule is CCOc1ccc(S(=O)(=O)NN=Cc2c(O)n(Cc3ccc4c(c3)OCO4)c(=O)c3ccccc23)cc1. The Balaban J connectivity index is 1.48. The molecule has 11 heteroatoms. The van der Waals surface area contributed by atoms with Gasteiger partial charge in [0.2, 0.25) is 12.7 Å². The van der Waals surface area contributed by atoms with Crippen molar-refractivity contribution in [3.63, 3.8) is 0 Å². The van der Waals surface area contributed by atoms with Crippen LogP contribution in [0.1, 0.15) is 18.1 Å². The van der Waals surface area contributed by atoms with Crippen molar-refractivity contribution in [3.05, 3.63) is 88.2 Å². The van der Waals surface area contributed by atoms with Gasteiger partial charge in [-0.05, 0) is 55.0 Å². The maximum Gasteiger partial charge on any atom is 0.276 e. The topological polar surface area (TPSA) is 128 Å². The second-order valence-corrected chi connectivity index (χ2v) is 9.78. The summed E-state index contributed by atoms with van der Waals surface area (Å²) in [5, 5.41) is 15.7. The number of aromatic hydroxyl groups is 1. The Bertz CT molecular complexity index is 1660. The molecule has 1 aliphatic heterocycles. The molecule has 0 amide bonds. The van der Waals surface area contributed by atoms with Crippen LogP contribution in [0.25, 0.3) is 10.8 Å². The Morgan fingerprint density at radius 3 is 2.54 bits per heavy atom. The van der Waals surface area contributed by atoms with Gasteiger partial charge in [-0.15, -0.1) is 0 Å². The van der Waals surface area contributed by atoms with E-state index in [9.17, 15) is 18.3 Å². The van der Waals surface area contributed by atoms with Crippen LogP contribution >= 0.6 is 0 Å². The molecule has 37 heavy (non-hydrogen) atoms. The van der Waals surface area contributed by atoms with Crippen molar-refractivity contribution in [2.24, 2.45) is 5.10 Å². The second kappa shape index (κ2) is 9.86. The molecular formula is C26H23N3O7S. The van der Waals surface area contributed by atoms with E-state index < -0.39 is 15.6 Å². The number of benzene rings is 3. The van der Waals surface area contributed by atoms with E-state index in [1.165, 1.54) is 22.9 Å². The summed E-state index contributed by atoms with van der Waals surface area (Å²) in [6.07, 6.45) is 1.18. The zero-order valence-corrected chi connectivity index (χ0v) is 20.6. The molecule has 0 spiro atoms. The number of pyridine rings is 1. The minimum absolute atomic E-state index is 0.00467. The summed E-state index contributed by atoms with van der Waals surface area (Å²) in [4.78, 5) is 15.4. The Hall–Kier alpha value is -4.51. The van der Waals surface area contributed by atoms with Gasteiger partial charge in [0, 0.05) is 10.8 Å². The van der Waals surface area contributed by atoms with Crippen LogP contribution in [-0.2, 0) is 16.6 Å². The van der Waals surface area contributed by atoms with Gasteiger partial charge >= 0.3 is 0 Å². The Labute approximate surface area is 212 Å². The summed E-state index contributed by atoms with van der Waals surface area (Å²) in [5.41, 5.74) is 0.485. The highest BCUT2D eigenvalue weighted by Gasteiger charge is 2.18. The molecule has 2 N–H and O–H groups in total. The Morgan fingerprint density at radius 2 is 1.78 bits per heavy atom. The van der Waals surface area contributed by atoms with Gasteiger partial charge < -0.3 is 19.3 Å². The van der Waals surface area contributed by atoms with Gasteiger partial charge in [0.05, 0.1) is 29.8 Å². The zero-order valence-electron chi connectivity index (χ0n) is 19.7. The summed E-state index contributed by atoms with van der Waals surface area (Å²) in [6.45, 7) is 2.46. The molecule has 0 saturated heterocycles. The average molecular weight is 522 g/mol. The van der Waals surface area contributed by atoms with Gasteiger partial charge in [0.1, 0.15) is 5.75 Å². The lowest BCUT2D eigenvalue weighted by molar-refractivity contribution is 0.174. The van der Waals surface area contributed by atoms with Crippen molar-refractivity contribution in [2.45, 2.75) is 18.4 Å². The number of nitrogens with one attached hydrogen (secondary N) is 1. The van der Waals surface area contributed by atoms with Gasteiger partial charge in [-0.2, -0.15) is 13.5 Å². The van der Waals surface area contributed by atoms with Crippen LogP contribution in [0.4, 0.5) is 0 Å². The molecule has 3 aromatic carbocycles. The van der Waals surface area contributed by atoms with Crippen LogP contribution < -0.4 is 24.6 Å². The maximum absolute atomic E-state index is 13.2. The van der Waals surface area contributed by atoms with E-state index in [1.807, 2.05) is 6.92 Å². The third-order valence-electron chi connectivity index (χ3n) is 5.78. The normalized spacial score (nSPS) is 12.8. The van der Waals surface area contributed by atoms with E-state index in [0.29, 0.717) is 40.2 Å². The fraction of sp³-hybridized carbons (Fsp3) is 0.154. The van der Waals surface area contributed by atoms with Crippen molar-refractivity contribution in [3.8, 4) is 23.1 Å². The highest BCUT2D eigenvalue weighted by atomic mass is 32.2. The standard InChI is InChI=1S/C26H23N3O7S/c1-2-34-18-8-10-19(11-9-18)37(32,33)28-27-14-22-20-5-3-4-6-21(20)25(30)29(26(22)31)15-17-7-12-23-24(13-17)36-16-35-23/h3-14,28,31H,2,15-16H2,1H3. The number of aromatic nitrogens is 1. The van der Waals surface area contributed by atoms with Crippen LogP contribution in [0.15, 0.2) is 81.5 Å². The van der Waals surface area contributed by atoms with Crippen molar-refractivity contribution < 1.29 is 27.7 Å². The molecule has 0 aliphatic carbocycles. The smallest absolute Gasteiger partial charge is 0.276 e. The summed E-state index contributed by atoms with van der Waals surface area (Å²) < 4.78 is 42.6. The number of hydrazone groups is 1. The van der Waals surface area contributed by atoms with Crippen LogP contribution in [0.5, 0.6) is 23.1 Å². The molecule has 10 nitrogen and oxygen atoms in total. The van der Waals surface area contributed by atoms with E-state index in [4.69, 9.17) is 14.2 Å². The molecule has 1 aliphatic rings. The van der Waals surface area contributed by atoms with Crippen LogP contribution in [-0.4, -0.2) is 37.7 Å². The number of fused-ring (bicyclic) bond motifs is 2. The first kappa shape index (κ1) is 24.2. The van der Waals surface area contributed by atoms with Crippen LogP contribution in [0, 0.1) is 0 Å². The monoisotopic (exact) mass is 521 g/mol. The molecule has 190 valence electrons. The fourth-order valence-electron chi connectivity index (χ4n) is 4.00. The lowest BCUT2D eigenvalue weighted by atomic mass is 10.1. The lowest BCUT2D eigenvalue weighted by Gasteiger charge is -2.14. The number of nitrogens with zero attached hydrogens (tertiary/aromatic N) is 2. The maximum atomic E-state index is 13.2. The largest absolute Gasteiger partial charge is 0.494 e. The number of hydrogen-bond acceptors (Lipinski definition) is 8. The van der Waals surface area contributed by atoms with Gasteiger partial charge in [0.15, 0.2) is 11.5 Å². The van der Waals surface area contributed by atoms with E-state index in [2.05, 4.69) is 9.93 Å². The van der Waals surface area contributed by atoms with Gasteiger partial charge in [0.25, 0.3) is 15.6 Å². The molecule has 0 radical (unpaired) electrons. The van der Waals surface area contributed by atoms with E-state index >= 15 is 0 Å². The Kier molecular flexibility index (Phi) is 6.45. The quantitative estimate of drug-likeness (QED) is 0.269. The van der Waals surface area contributed by atoms with E-state index in [0.717, 1.165) is 0 Å². The number of hydrogen-bond donors (Lipinski definition) is 2. The van der Waals surface area contributed by atoms with Gasteiger partial charge in [-0.3, -0.25) is 9.36 Å². The molecule has 4 aromatic rings. The van der Waals surface area contributed by atoms with Crippen molar-refractivity contribution in [2.75, 3.05) is 13.4 Å². The molecule has 2 heterocycles. The molecule has 0 fully saturated rings. The van der Waals surface area contributed by atoms with Crippen LogP contribution in [0.2, 0.25) is 0 Å². The summed E-state index contributed by atoms with van der Waals surface area (Å²) in [7, 11) is -3.98.